The van der Waals surface area contributed by atoms with Gasteiger partial charge in [0, 0.05) is 30.1 Å². The van der Waals surface area contributed by atoms with Crippen molar-refractivity contribution in [2.24, 2.45) is 0 Å². The van der Waals surface area contributed by atoms with Crippen molar-refractivity contribution < 1.29 is 19.1 Å². The van der Waals surface area contributed by atoms with Crippen LogP contribution in [0.25, 0.3) is 0 Å². The van der Waals surface area contributed by atoms with E-state index in [4.69, 9.17) is 9.47 Å². The van der Waals surface area contributed by atoms with E-state index in [0.29, 0.717) is 47.2 Å². The van der Waals surface area contributed by atoms with Crippen molar-refractivity contribution in [2.75, 3.05) is 23.8 Å². The standard InChI is InChI=1S/C23H23N3O4/c1-3-29-20-14-19(26-23(28)17-11-8-12-24-15-17)21(30-4-2)13-18(20)25-22(27)16-9-6-5-7-10-16/h5-15H,3-4H2,1-2H3,(H,25,27)(H,26,28). The smallest absolute Gasteiger partial charge is 0.257 e. The first-order chi connectivity index (χ1) is 14.6. The molecule has 0 atom stereocenters. The Morgan fingerprint density at radius 2 is 1.33 bits per heavy atom. The van der Waals surface area contributed by atoms with Gasteiger partial charge in [0.25, 0.3) is 11.8 Å². The lowest BCUT2D eigenvalue weighted by molar-refractivity contribution is 0.101. The molecule has 0 aliphatic carbocycles. The Morgan fingerprint density at radius 3 is 1.83 bits per heavy atom. The third kappa shape index (κ3) is 5.14. The highest BCUT2D eigenvalue weighted by molar-refractivity contribution is 6.07. The van der Waals surface area contributed by atoms with Gasteiger partial charge in [0.05, 0.1) is 30.2 Å². The zero-order valence-corrected chi connectivity index (χ0v) is 16.8. The summed E-state index contributed by atoms with van der Waals surface area (Å²) in [6.45, 7) is 4.45. The first kappa shape index (κ1) is 20.9. The van der Waals surface area contributed by atoms with Crippen LogP contribution in [0.4, 0.5) is 11.4 Å². The Kier molecular flexibility index (Phi) is 7.00. The zero-order chi connectivity index (χ0) is 21.3. The van der Waals surface area contributed by atoms with Crippen LogP contribution in [-0.4, -0.2) is 30.0 Å². The summed E-state index contributed by atoms with van der Waals surface area (Å²) >= 11 is 0. The van der Waals surface area contributed by atoms with E-state index in [2.05, 4.69) is 15.6 Å². The molecule has 7 nitrogen and oxygen atoms in total. The van der Waals surface area contributed by atoms with Crippen molar-refractivity contribution in [1.29, 1.82) is 0 Å². The minimum Gasteiger partial charge on any atom is -0.492 e. The van der Waals surface area contributed by atoms with Crippen LogP contribution in [0.5, 0.6) is 11.5 Å². The van der Waals surface area contributed by atoms with E-state index in [1.54, 1.807) is 54.7 Å². The van der Waals surface area contributed by atoms with E-state index in [0.717, 1.165) is 0 Å². The molecular formula is C23H23N3O4. The summed E-state index contributed by atoms with van der Waals surface area (Å²) in [6.07, 6.45) is 3.08. The molecule has 0 radical (unpaired) electrons. The zero-order valence-electron chi connectivity index (χ0n) is 16.8. The van der Waals surface area contributed by atoms with Gasteiger partial charge in [-0.05, 0) is 38.1 Å². The molecule has 3 rings (SSSR count). The van der Waals surface area contributed by atoms with E-state index in [-0.39, 0.29) is 11.8 Å². The number of carbonyl (C=O) groups is 2. The van der Waals surface area contributed by atoms with Crippen LogP contribution in [-0.2, 0) is 0 Å². The number of aromatic nitrogens is 1. The Balaban J connectivity index is 1.92. The monoisotopic (exact) mass is 405 g/mol. The summed E-state index contributed by atoms with van der Waals surface area (Å²) in [4.78, 5) is 29.1. The average molecular weight is 405 g/mol. The van der Waals surface area contributed by atoms with Crippen molar-refractivity contribution in [3.63, 3.8) is 0 Å². The van der Waals surface area contributed by atoms with Gasteiger partial charge in [-0.15, -0.1) is 0 Å². The van der Waals surface area contributed by atoms with Crippen molar-refractivity contribution in [2.45, 2.75) is 13.8 Å². The molecule has 0 saturated carbocycles. The van der Waals surface area contributed by atoms with Crippen molar-refractivity contribution in [1.82, 2.24) is 4.98 Å². The topological polar surface area (TPSA) is 89.6 Å². The van der Waals surface area contributed by atoms with Gasteiger partial charge in [-0.25, -0.2) is 0 Å². The fourth-order valence-electron chi connectivity index (χ4n) is 2.78. The minimum atomic E-state index is -0.326. The highest BCUT2D eigenvalue weighted by atomic mass is 16.5. The quantitative estimate of drug-likeness (QED) is 0.580. The van der Waals surface area contributed by atoms with Gasteiger partial charge in [-0.2, -0.15) is 0 Å². The van der Waals surface area contributed by atoms with Crippen molar-refractivity contribution in [3.8, 4) is 11.5 Å². The van der Waals surface area contributed by atoms with Crippen LogP contribution >= 0.6 is 0 Å². The number of amides is 2. The lowest BCUT2D eigenvalue weighted by Crippen LogP contribution is -2.15. The number of anilines is 2. The molecule has 0 unspecified atom stereocenters. The molecule has 0 aliphatic rings. The summed E-state index contributed by atoms with van der Waals surface area (Å²) < 4.78 is 11.4. The molecule has 30 heavy (non-hydrogen) atoms. The lowest BCUT2D eigenvalue weighted by atomic mass is 10.2. The van der Waals surface area contributed by atoms with Crippen LogP contribution in [0.2, 0.25) is 0 Å². The maximum Gasteiger partial charge on any atom is 0.257 e. The first-order valence-electron chi connectivity index (χ1n) is 9.63. The van der Waals surface area contributed by atoms with Gasteiger partial charge in [-0.1, -0.05) is 18.2 Å². The van der Waals surface area contributed by atoms with Gasteiger partial charge in [0.2, 0.25) is 0 Å². The number of rotatable bonds is 8. The van der Waals surface area contributed by atoms with Gasteiger partial charge in [0.15, 0.2) is 0 Å². The van der Waals surface area contributed by atoms with Crippen LogP contribution in [0.3, 0.4) is 0 Å². The lowest BCUT2D eigenvalue weighted by Gasteiger charge is -2.18. The highest BCUT2D eigenvalue weighted by Gasteiger charge is 2.17. The second-order valence-corrected chi connectivity index (χ2v) is 6.23. The van der Waals surface area contributed by atoms with Gasteiger partial charge in [0.1, 0.15) is 11.5 Å². The Labute approximate surface area is 175 Å². The summed E-state index contributed by atoms with van der Waals surface area (Å²) in [7, 11) is 0. The van der Waals surface area contributed by atoms with Gasteiger partial charge >= 0.3 is 0 Å². The molecule has 0 spiro atoms. The number of hydrogen-bond acceptors (Lipinski definition) is 5. The normalized spacial score (nSPS) is 10.2. The number of nitrogens with one attached hydrogen (secondary N) is 2. The van der Waals surface area contributed by atoms with E-state index >= 15 is 0 Å². The molecule has 0 saturated heterocycles. The third-order valence-electron chi connectivity index (χ3n) is 4.14. The molecule has 7 heteroatoms. The third-order valence-corrected chi connectivity index (χ3v) is 4.14. The van der Waals surface area contributed by atoms with Gasteiger partial charge < -0.3 is 20.1 Å². The maximum absolute atomic E-state index is 12.6. The average Bonchev–Trinajstić information content (AvgIpc) is 2.78. The number of benzene rings is 2. The summed E-state index contributed by atoms with van der Waals surface area (Å²) in [5.74, 6) is 0.243. The first-order valence-corrected chi connectivity index (χ1v) is 9.63. The molecule has 1 aromatic heterocycles. The Hall–Kier alpha value is -3.87. The summed E-state index contributed by atoms with van der Waals surface area (Å²) in [5.41, 5.74) is 1.83. The predicted octanol–water partition coefficient (Wildman–Crippen LogP) is 4.38. The van der Waals surface area contributed by atoms with Crippen LogP contribution in [0.15, 0.2) is 67.0 Å². The molecular weight excluding hydrogens is 382 g/mol. The molecule has 154 valence electrons. The van der Waals surface area contributed by atoms with Crippen LogP contribution in [0.1, 0.15) is 34.6 Å². The second kappa shape index (κ2) is 10.1. The molecule has 1 heterocycles. The van der Waals surface area contributed by atoms with Gasteiger partial charge in [-0.3, -0.25) is 14.6 Å². The SMILES string of the molecule is CCOc1cc(NC(=O)c2cccnc2)c(OCC)cc1NC(=O)c1ccccc1. The summed E-state index contributed by atoms with van der Waals surface area (Å²) in [6, 6.07) is 15.5. The number of pyridine rings is 1. The second-order valence-electron chi connectivity index (χ2n) is 6.23. The van der Waals surface area contributed by atoms with E-state index in [1.165, 1.54) is 6.20 Å². The largest absolute Gasteiger partial charge is 0.492 e. The van der Waals surface area contributed by atoms with E-state index < -0.39 is 0 Å². The molecule has 0 fully saturated rings. The number of nitrogens with zero attached hydrogens (tertiary/aromatic N) is 1. The fraction of sp³-hybridized carbons (Fsp3) is 0.174. The number of ether oxygens (including phenoxy) is 2. The molecule has 0 bridgehead atoms. The van der Waals surface area contributed by atoms with E-state index in [1.807, 2.05) is 19.9 Å². The van der Waals surface area contributed by atoms with Crippen LogP contribution in [0, 0.1) is 0 Å². The van der Waals surface area contributed by atoms with Crippen LogP contribution < -0.4 is 20.1 Å². The van der Waals surface area contributed by atoms with Crippen molar-refractivity contribution >= 4 is 23.2 Å². The Bertz CT molecular complexity index is 924. The number of hydrogen-bond donors (Lipinski definition) is 2. The molecule has 2 aromatic carbocycles. The Morgan fingerprint density at radius 1 is 0.800 bits per heavy atom. The fourth-order valence-corrected chi connectivity index (χ4v) is 2.78. The molecule has 2 N–H and O–H groups in total. The molecule has 0 aliphatic heterocycles. The predicted molar refractivity (Wildman–Crippen MR) is 115 cm³/mol. The summed E-state index contributed by atoms with van der Waals surface area (Å²) in [5, 5.41) is 5.68. The van der Waals surface area contributed by atoms with E-state index in [9.17, 15) is 9.59 Å². The number of carbonyl (C=O) groups excluding carboxylic acids is 2. The molecule has 3 aromatic rings. The minimum absolute atomic E-state index is 0.272. The molecule has 2 amide bonds. The highest BCUT2D eigenvalue weighted by Crippen LogP contribution is 2.37. The maximum atomic E-state index is 12.6. The van der Waals surface area contributed by atoms with Crippen molar-refractivity contribution in [3.05, 3.63) is 78.1 Å².